The number of carbonyl (C=O) groups is 2. The van der Waals surface area contributed by atoms with E-state index in [9.17, 15) is 9.59 Å². The summed E-state index contributed by atoms with van der Waals surface area (Å²) in [7, 11) is 0. The highest BCUT2D eigenvalue weighted by Gasteiger charge is 2.11. The highest BCUT2D eigenvalue weighted by atomic mass is 16.4. The second-order valence-corrected chi connectivity index (χ2v) is 5.21. The molecule has 0 aromatic heterocycles. The Kier molecular flexibility index (Phi) is 10.3. The van der Waals surface area contributed by atoms with E-state index in [1.807, 2.05) is 0 Å². The first-order valence-corrected chi connectivity index (χ1v) is 7.43. The normalized spacial score (nSPS) is 12.2. The number of rotatable bonds is 8. The summed E-state index contributed by atoms with van der Waals surface area (Å²) < 4.78 is 0. The van der Waals surface area contributed by atoms with Crippen LogP contribution in [0.2, 0.25) is 0 Å². The van der Waals surface area contributed by atoms with Crippen molar-refractivity contribution in [3.8, 4) is 5.75 Å². The van der Waals surface area contributed by atoms with Gasteiger partial charge in [-0.1, -0.05) is 12.1 Å². The molecule has 0 spiro atoms. The summed E-state index contributed by atoms with van der Waals surface area (Å²) in [4.78, 5) is 24.3. The molecule has 1 aromatic carbocycles. The molecule has 25 heavy (non-hydrogen) atoms. The summed E-state index contributed by atoms with van der Waals surface area (Å²) in [5, 5.41) is 25.9. The largest absolute Gasteiger partial charge is 0.508 e. The number of carboxylic acid groups (broad SMARTS) is 2. The van der Waals surface area contributed by atoms with Crippen molar-refractivity contribution >= 4 is 17.9 Å². The molecule has 0 radical (unpaired) electrons. The van der Waals surface area contributed by atoms with Crippen molar-refractivity contribution in [3.05, 3.63) is 29.8 Å². The fraction of sp³-hybridized carbons (Fsp3) is 0.400. The lowest BCUT2D eigenvalue weighted by atomic mass is 10.1. The van der Waals surface area contributed by atoms with Crippen molar-refractivity contribution in [1.29, 1.82) is 0 Å². The first-order chi connectivity index (χ1) is 11.6. The van der Waals surface area contributed by atoms with Crippen LogP contribution in [0.4, 0.5) is 0 Å². The maximum Gasteiger partial charge on any atom is 0.320 e. The Morgan fingerprint density at radius 1 is 1.00 bits per heavy atom. The van der Waals surface area contributed by atoms with Crippen molar-refractivity contribution in [2.75, 3.05) is 6.54 Å². The third-order valence-corrected chi connectivity index (χ3v) is 2.99. The third kappa shape index (κ3) is 11.3. The lowest BCUT2D eigenvalue weighted by Gasteiger charge is -2.05. The molecule has 0 aliphatic rings. The molecule has 0 aliphatic carbocycles. The zero-order valence-corrected chi connectivity index (χ0v) is 13.7. The number of nitrogens with two attached hydrogens (primary N) is 4. The number of nitrogens with zero attached hydrogens (tertiary/aromatic N) is 1. The number of phenolic OH excluding ortho intramolecular Hbond substituents is 1. The number of aliphatic imine (C=N–C) groups is 1. The first-order valence-electron chi connectivity index (χ1n) is 7.43. The molecule has 0 saturated heterocycles. The van der Waals surface area contributed by atoms with Gasteiger partial charge in [-0.2, -0.15) is 0 Å². The number of carboxylic acids is 2. The number of phenols is 1. The smallest absolute Gasteiger partial charge is 0.320 e. The zero-order chi connectivity index (χ0) is 19.4. The molecule has 1 rings (SSSR count). The van der Waals surface area contributed by atoms with Crippen LogP contribution in [-0.4, -0.2) is 51.8 Å². The number of aromatic hydroxyl groups is 1. The van der Waals surface area contributed by atoms with Crippen LogP contribution in [0.3, 0.4) is 0 Å². The maximum atomic E-state index is 10.4. The van der Waals surface area contributed by atoms with E-state index in [0.29, 0.717) is 19.4 Å². The van der Waals surface area contributed by atoms with Crippen LogP contribution in [-0.2, 0) is 16.0 Å². The molecule has 11 N–H and O–H groups in total. The lowest BCUT2D eigenvalue weighted by molar-refractivity contribution is -0.139. The number of hydrogen-bond acceptors (Lipinski definition) is 6. The van der Waals surface area contributed by atoms with Gasteiger partial charge in [0.15, 0.2) is 5.96 Å². The fourth-order valence-electron chi connectivity index (χ4n) is 1.62. The Morgan fingerprint density at radius 2 is 1.52 bits per heavy atom. The van der Waals surface area contributed by atoms with Gasteiger partial charge in [-0.3, -0.25) is 14.6 Å². The van der Waals surface area contributed by atoms with Crippen LogP contribution < -0.4 is 22.9 Å². The van der Waals surface area contributed by atoms with Gasteiger partial charge in [-0.15, -0.1) is 0 Å². The average molecular weight is 355 g/mol. The molecule has 0 aliphatic heterocycles. The Morgan fingerprint density at radius 3 is 1.96 bits per heavy atom. The zero-order valence-electron chi connectivity index (χ0n) is 13.7. The second-order valence-electron chi connectivity index (χ2n) is 5.21. The molecule has 0 fully saturated rings. The molecule has 0 heterocycles. The van der Waals surface area contributed by atoms with E-state index >= 15 is 0 Å². The molecule has 1 aromatic rings. The summed E-state index contributed by atoms with van der Waals surface area (Å²) in [6.45, 7) is 0.420. The Hall–Kier alpha value is -2.85. The number of hydrogen-bond donors (Lipinski definition) is 7. The minimum Gasteiger partial charge on any atom is -0.508 e. The van der Waals surface area contributed by atoms with E-state index in [1.54, 1.807) is 12.1 Å². The third-order valence-electron chi connectivity index (χ3n) is 2.99. The quantitative estimate of drug-likeness (QED) is 0.169. The number of aliphatic carboxylic acids is 2. The summed E-state index contributed by atoms with van der Waals surface area (Å²) in [6.07, 6.45) is 1.23. The van der Waals surface area contributed by atoms with Gasteiger partial charge in [0, 0.05) is 6.54 Å². The number of benzene rings is 1. The van der Waals surface area contributed by atoms with Crippen LogP contribution in [0.1, 0.15) is 18.4 Å². The predicted molar refractivity (Wildman–Crippen MR) is 92.9 cm³/mol. The van der Waals surface area contributed by atoms with Gasteiger partial charge >= 0.3 is 11.9 Å². The van der Waals surface area contributed by atoms with Crippen molar-refractivity contribution in [3.63, 3.8) is 0 Å². The minimum atomic E-state index is -1.02. The molecule has 0 saturated carbocycles. The molecule has 10 nitrogen and oxygen atoms in total. The van der Waals surface area contributed by atoms with Crippen molar-refractivity contribution in [2.45, 2.75) is 31.3 Å². The first kappa shape index (κ1) is 22.1. The second kappa shape index (κ2) is 11.6. The van der Waals surface area contributed by atoms with Gasteiger partial charge in [0.25, 0.3) is 0 Å². The van der Waals surface area contributed by atoms with E-state index in [2.05, 4.69) is 4.99 Å². The van der Waals surface area contributed by atoms with E-state index in [4.69, 9.17) is 38.3 Å². The van der Waals surface area contributed by atoms with E-state index in [-0.39, 0.29) is 18.1 Å². The Labute approximate surface area is 145 Å². The SMILES string of the molecule is NC(N)=NCCC[C@H](N)C(=O)O.N[C@@H](Cc1ccc(O)cc1)C(=O)O. The summed E-state index contributed by atoms with van der Waals surface area (Å²) in [5.74, 6) is -1.85. The van der Waals surface area contributed by atoms with Crippen LogP contribution in [0, 0.1) is 0 Å². The molecule has 0 bridgehead atoms. The molecule has 10 heteroatoms. The van der Waals surface area contributed by atoms with E-state index in [1.165, 1.54) is 12.1 Å². The summed E-state index contributed by atoms with van der Waals surface area (Å²) in [5.41, 5.74) is 21.4. The minimum absolute atomic E-state index is 0.0129. The van der Waals surface area contributed by atoms with Gasteiger partial charge in [0.05, 0.1) is 0 Å². The molecule has 0 amide bonds. The lowest BCUT2D eigenvalue weighted by Crippen LogP contribution is -2.32. The van der Waals surface area contributed by atoms with E-state index < -0.39 is 24.0 Å². The average Bonchev–Trinajstić information content (AvgIpc) is 2.53. The molecule has 2 atom stereocenters. The Bertz CT molecular complexity index is 572. The van der Waals surface area contributed by atoms with Crippen molar-refractivity contribution in [2.24, 2.45) is 27.9 Å². The highest BCUT2D eigenvalue weighted by molar-refractivity contribution is 5.75. The van der Waals surface area contributed by atoms with Crippen LogP contribution in [0.5, 0.6) is 5.75 Å². The van der Waals surface area contributed by atoms with Gasteiger partial charge in [0.1, 0.15) is 17.8 Å². The predicted octanol–water partition coefficient (Wildman–Crippen LogP) is -1.20. The fourth-order valence-corrected chi connectivity index (χ4v) is 1.62. The molecule has 140 valence electrons. The summed E-state index contributed by atoms with van der Waals surface area (Å²) >= 11 is 0. The topological polar surface area (TPSA) is 211 Å². The van der Waals surface area contributed by atoms with Gasteiger partial charge < -0.3 is 38.3 Å². The van der Waals surface area contributed by atoms with E-state index in [0.717, 1.165) is 5.56 Å². The standard InChI is InChI=1S/C9H11NO3.C6H14N4O2/c10-8(9(12)13)5-6-1-3-7(11)4-2-6;7-4(5(11)12)2-1-3-10-6(8)9/h1-4,8,11H,5,10H2,(H,12,13);4H,1-3,7H2,(H,11,12)(H4,8,9,10)/t8-;4-/m00/s1. The van der Waals surface area contributed by atoms with Crippen molar-refractivity contribution in [1.82, 2.24) is 0 Å². The van der Waals surface area contributed by atoms with Gasteiger partial charge in [-0.25, -0.2) is 0 Å². The van der Waals surface area contributed by atoms with Crippen LogP contribution in [0.15, 0.2) is 29.3 Å². The molecular weight excluding hydrogens is 330 g/mol. The summed E-state index contributed by atoms with van der Waals surface area (Å²) in [6, 6.07) is 4.60. The van der Waals surface area contributed by atoms with Gasteiger partial charge in [0.2, 0.25) is 0 Å². The maximum absolute atomic E-state index is 10.4. The molecule has 0 unspecified atom stereocenters. The Balaban J connectivity index is 0.000000463. The van der Waals surface area contributed by atoms with Gasteiger partial charge in [-0.05, 0) is 37.0 Å². The molecular formula is C15H25N5O5. The monoisotopic (exact) mass is 355 g/mol. The highest BCUT2D eigenvalue weighted by Crippen LogP contribution is 2.10. The number of guanidine groups is 1. The van der Waals surface area contributed by atoms with Crippen molar-refractivity contribution < 1.29 is 24.9 Å². The van der Waals surface area contributed by atoms with Crippen LogP contribution >= 0.6 is 0 Å². The van der Waals surface area contributed by atoms with Crippen LogP contribution in [0.25, 0.3) is 0 Å².